The van der Waals surface area contributed by atoms with Gasteiger partial charge in [0.15, 0.2) is 5.82 Å². The molecule has 0 spiro atoms. The smallest absolute Gasteiger partial charge is 0.416 e. The van der Waals surface area contributed by atoms with Crippen molar-refractivity contribution in [2.24, 2.45) is 0 Å². The number of halogens is 3. The van der Waals surface area contributed by atoms with E-state index in [-0.39, 0.29) is 12.7 Å². The second-order valence-electron chi connectivity index (χ2n) is 7.04. The molecule has 154 valence electrons. The molecule has 4 rings (SSSR count). The highest BCUT2D eigenvalue weighted by atomic mass is 19.4. The standard InChI is InChI=1S/C20H20F3N3O3/c21-20(22,23)16-4-1-3-14(9-16)10-26-7-2-5-17(11-26)28-13-18-24-19(29-25-18)15-6-8-27-12-15/h1,3-4,6,8-9,12,17H,2,5,7,10-11,13H2. The predicted molar refractivity (Wildman–Crippen MR) is 96.5 cm³/mol. The molecule has 9 heteroatoms. The third-order valence-electron chi connectivity index (χ3n) is 4.81. The van der Waals surface area contributed by atoms with Crippen LogP contribution in [-0.4, -0.2) is 34.2 Å². The van der Waals surface area contributed by atoms with Gasteiger partial charge in [-0.15, -0.1) is 0 Å². The van der Waals surface area contributed by atoms with Gasteiger partial charge >= 0.3 is 6.18 Å². The number of nitrogens with zero attached hydrogens (tertiary/aromatic N) is 3. The molecule has 1 unspecified atom stereocenters. The summed E-state index contributed by atoms with van der Waals surface area (Å²) in [5.74, 6) is 0.809. The number of aromatic nitrogens is 2. The van der Waals surface area contributed by atoms with Crippen molar-refractivity contribution < 1.29 is 26.8 Å². The van der Waals surface area contributed by atoms with Crippen molar-refractivity contribution in [3.8, 4) is 11.5 Å². The molecule has 2 aromatic heterocycles. The SMILES string of the molecule is FC(F)(F)c1cccc(CN2CCCC(OCc3noc(-c4ccoc4)n3)C2)c1. The highest BCUT2D eigenvalue weighted by Crippen LogP contribution is 2.30. The van der Waals surface area contributed by atoms with Crippen LogP contribution in [0, 0.1) is 0 Å². The van der Waals surface area contributed by atoms with Crippen LogP contribution >= 0.6 is 0 Å². The van der Waals surface area contributed by atoms with Gasteiger partial charge in [0.05, 0.1) is 23.5 Å². The minimum atomic E-state index is -4.33. The summed E-state index contributed by atoms with van der Waals surface area (Å²) in [4.78, 5) is 6.38. The predicted octanol–water partition coefficient (Wildman–Crippen LogP) is 4.53. The van der Waals surface area contributed by atoms with Gasteiger partial charge in [-0.3, -0.25) is 4.90 Å². The van der Waals surface area contributed by atoms with E-state index in [1.165, 1.54) is 24.7 Å². The highest BCUT2D eigenvalue weighted by Gasteiger charge is 2.30. The molecule has 0 radical (unpaired) electrons. The number of furan rings is 1. The molecule has 0 saturated carbocycles. The third kappa shape index (κ3) is 5.04. The average molecular weight is 407 g/mol. The van der Waals surface area contributed by atoms with E-state index in [0.29, 0.717) is 35.9 Å². The summed E-state index contributed by atoms with van der Waals surface area (Å²) in [6, 6.07) is 7.20. The minimum Gasteiger partial charge on any atom is -0.472 e. The summed E-state index contributed by atoms with van der Waals surface area (Å²) in [6.45, 7) is 2.13. The van der Waals surface area contributed by atoms with Crippen molar-refractivity contribution in [3.63, 3.8) is 0 Å². The van der Waals surface area contributed by atoms with Gasteiger partial charge in [-0.25, -0.2) is 0 Å². The van der Waals surface area contributed by atoms with Gasteiger partial charge in [0.2, 0.25) is 0 Å². The quantitative estimate of drug-likeness (QED) is 0.598. The average Bonchev–Trinajstić information content (AvgIpc) is 3.38. The molecule has 1 aliphatic rings. The molecular formula is C20H20F3N3O3. The highest BCUT2D eigenvalue weighted by molar-refractivity contribution is 5.49. The fraction of sp³-hybridized carbons (Fsp3) is 0.400. The Balaban J connectivity index is 1.31. The second-order valence-corrected chi connectivity index (χ2v) is 7.04. The van der Waals surface area contributed by atoms with E-state index in [0.717, 1.165) is 25.5 Å². The molecule has 3 heterocycles. The van der Waals surface area contributed by atoms with Gasteiger partial charge in [0.1, 0.15) is 12.9 Å². The van der Waals surface area contributed by atoms with Gasteiger partial charge in [0.25, 0.3) is 5.89 Å². The zero-order valence-electron chi connectivity index (χ0n) is 15.6. The first-order valence-corrected chi connectivity index (χ1v) is 9.32. The zero-order valence-corrected chi connectivity index (χ0v) is 15.6. The Labute approximate surface area is 165 Å². The van der Waals surface area contributed by atoms with Crippen molar-refractivity contribution in [1.82, 2.24) is 15.0 Å². The number of hydrogen-bond donors (Lipinski definition) is 0. The van der Waals surface area contributed by atoms with Gasteiger partial charge in [-0.1, -0.05) is 23.4 Å². The van der Waals surface area contributed by atoms with E-state index in [4.69, 9.17) is 13.7 Å². The first kappa shape index (κ1) is 19.7. The fourth-order valence-corrected chi connectivity index (χ4v) is 3.41. The number of ether oxygens (including phenoxy) is 1. The largest absolute Gasteiger partial charge is 0.472 e. The van der Waals surface area contributed by atoms with E-state index in [2.05, 4.69) is 15.0 Å². The van der Waals surface area contributed by atoms with Crippen LogP contribution in [0.4, 0.5) is 13.2 Å². The lowest BCUT2D eigenvalue weighted by Gasteiger charge is -2.32. The molecule has 1 fully saturated rings. The van der Waals surface area contributed by atoms with Crippen LogP contribution in [0.1, 0.15) is 29.8 Å². The van der Waals surface area contributed by atoms with Crippen LogP contribution in [-0.2, 0) is 24.1 Å². The van der Waals surface area contributed by atoms with E-state index in [9.17, 15) is 13.2 Å². The summed E-state index contributed by atoms with van der Waals surface area (Å²) in [5.41, 5.74) is 0.724. The number of rotatable bonds is 6. The maximum atomic E-state index is 12.9. The lowest BCUT2D eigenvalue weighted by atomic mass is 10.1. The Bertz CT molecular complexity index is 924. The van der Waals surface area contributed by atoms with Gasteiger partial charge in [-0.05, 0) is 37.1 Å². The Morgan fingerprint density at radius 3 is 2.93 bits per heavy atom. The lowest BCUT2D eigenvalue weighted by molar-refractivity contribution is -0.137. The Morgan fingerprint density at radius 1 is 1.24 bits per heavy atom. The third-order valence-corrected chi connectivity index (χ3v) is 4.81. The van der Waals surface area contributed by atoms with Crippen LogP contribution < -0.4 is 0 Å². The van der Waals surface area contributed by atoms with Gasteiger partial charge < -0.3 is 13.7 Å². The monoisotopic (exact) mass is 407 g/mol. The fourth-order valence-electron chi connectivity index (χ4n) is 3.41. The molecule has 29 heavy (non-hydrogen) atoms. The molecule has 1 aromatic carbocycles. The van der Waals surface area contributed by atoms with Crippen LogP contribution in [0.3, 0.4) is 0 Å². The first-order valence-electron chi connectivity index (χ1n) is 9.32. The molecule has 3 aromatic rings. The van der Waals surface area contributed by atoms with Crippen LogP contribution in [0.2, 0.25) is 0 Å². The molecule has 1 atom stereocenters. The maximum Gasteiger partial charge on any atom is 0.416 e. The van der Waals surface area contributed by atoms with Gasteiger partial charge in [0, 0.05) is 13.1 Å². The molecule has 6 nitrogen and oxygen atoms in total. The normalized spacial score (nSPS) is 18.2. The topological polar surface area (TPSA) is 64.5 Å². The van der Waals surface area contributed by atoms with Crippen LogP contribution in [0.25, 0.3) is 11.5 Å². The van der Waals surface area contributed by atoms with Crippen molar-refractivity contribution in [2.45, 2.75) is 38.3 Å². The van der Waals surface area contributed by atoms with E-state index < -0.39 is 11.7 Å². The number of hydrogen-bond acceptors (Lipinski definition) is 6. The van der Waals surface area contributed by atoms with E-state index >= 15 is 0 Å². The molecular weight excluding hydrogens is 387 g/mol. The van der Waals surface area contributed by atoms with Crippen molar-refractivity contribution in [2.75, 3.05) is 13.1 Å². The minimum absolute atomic E-state index is 0.0366. The molecule has 0 amide bonds. The summed E-state index contributed by atoms with van der Waals surface area (Å²) >= 11 is 0. The first-order chi connectivity index (χ1) is 14.0. The summed E-state index contributed by atoms with van der Waals surface area (Å²) in [7, 11) is 0. The number of alkyl halides is 3. The number of likely N-dealkylation sites (tertiary alicyclic amines) is 1. The van der Waals surface area contributed by atoms with Gasteiger partial charge in [-0.2, -0.15) is 18.2 Å². The summed E-state index contributed by atoms with van der Waals surface area (Å²) < 4.78 is 54.8. The second kappa shape index (κ2) is 8.38. The van der Waals surface area contributed by atoms with Crippen molar-refractivity contribution in [3.05, 3.63) is 59.8 Å². The summed E-state index contributed by atoms with van der Waals surface area (Å²) in [6.07, 6.45) is 0.470. The molecule has 0 aliphatic carbocycles. The van der Waals surface area contributed by atoms with E-state index in [1.54, 1.807) is 12.1 Å². The summed E-state index contributed by atoms with van der Waals surface area (Å²) in [5, 5.41) is 3.90. The number of piperidine rings is 1. The molecule has 0 N–H and O–H groups in total. The Hall–Kier alpha value is -2.65. The maximum absolute atomic E-state index is 12.9. The zero-order chi connectivity index (χ0) is 20.3. The van der Waals surface area contributed by atoms with Crippen LogP contribution in [0.5, 0.6) is 0 Å². The lowest BCUT2D eigenvalue weighted by Crippen LogP contribution is -2.39. The molecule has 1 saturated heterocycles. The van der Waals surface area contributed by atoms with Crippen LogP contribution in [0.15, 0.2) is 51.8 Å². The van der Waals surface area contributed by atoms with Crippen molar-refractivity contribution in [1.29, 1.82) is 0 Å². The molecule has 1 aliphatic heterocycles. The molecule has 0 bridgehead atoms. The Kier molecular flexibility index (Phi) is 5.68. The van der Waals surface area contributed by atoms with Crippen molar-refractivity contribution >= 4 is 0 Å². The van der Waals surface area contributed by atoms with E-state index in [1.807, 2.05) is 0 Å². The Morgan fingerprint density at radius 2 is 2.14 bits per heavy atom. The number of benzene rings is 1.